The zero-order valence-corrected chi connectivity index (χ0v) is 11.9. The van der Waals surface area contributed by atoms with Gasteiger partial charge in [0, 0.05) is 27.1 Å². The monoisotopic (exact) mass is 348 g/mol. The Kier molecular flexibility index (Phi) is 4.61. The van der Waals surface area contributed by atoms with E-state index >= 15 is 0 Å². The fourth-order valence-electron chi connectivity index (χ4n) is 1.10. The normalized spacial score (nSPS) is 11.9. The van der Waals surface area contributed by atoms with Crippen molar-refractivity contribution in [1.82, 2.24) is 4.98 Å². The number of nitrogens with zero attached hydrogens (tertiary/aromatic N) is 2. The molecule has 0 amide bonds. The number of rotatable bonds is 3. The molecule has 0 fully saturated rings. The van der Waals surface area contributed by atoms with E-state index in [0.717, 1.165) is 8.95 Å². The highest BCUT2D eigenvalue weighted by Crippen LogP contribution is 2.23. The first kappa shape index (κ1) is 13.3. The summed E-state index contributed by atoms with van der Waals surface area (Å²) in [6.07, 6.45) is 3.09. The number of halogens is 2. The lowest BCUT2D eigenvalue weighted by molar-refractivity contribution is -0.431. The summed E-state index contributed by atoms with van der Waals surface area (Å²) >= 11 is 6.59. The number of allylic oxidation sites excluding steroid dienone is 1. The van der Waals surface area contributed by atoms with Crippen LogP contribution < -0.4 is 0 Å². The summed E-state index contributed by atoms with van der Waals surface area (Å²) in [7, 11) is 0. The predicted octanol–water partition coefficient (Wildman–Crippen LogP) is 3.88. The van der Waals surface area contributed by atoms with Gasteiger partial charge in [0.2, 0.25) is 0 Å². The second-order valence-electron chi connectivity index (χ2n) is 3.50. The average Bonchev–Trinajstić information content (AvgIpc) is 2.15. The Morgan fingerprint density at radius 2 is 2.19 bits per heavy atom. The molecule has 0 aliphatic rings. The van der Waals surface area contributed by atoms with E-state index in [4.69, 9.17) is 0 Å². The Balaban J connectivity index is 3.18. The molecule has 0 N–H and O–H groups in total. The van der Waals surface area contributed by atoms with Crippen molar-refractivity contribution in [2.24, 2.45) is 5.92 Å². The summed E-state index contributed by atoms with van der Waals surface area (Å²) in [5, 5.41) is 10.8. The minimum atomic E-state index is -0.374. The Morgan fingerprint density at radius 3 is 2.62 bits per heavy atom. The topological polar surface area (TPSA) is 56.0 Å². The summed E-state index contributed by atoms with van der Waals surface area (Å²) in [6, 6.07) is 1.80. The predicted molar refractivity (Wildman–Crippen MR) is 69.4 cm³/mol. The van der Waals surface area contributed by atoms with Gasteiger partial charge >= 0.3 is 0 Å². The van der Waals surface area contributed by atoms with Gasteiger partial charge in [0.15, 0.2) is 0 Å². The molecule has 6 heteroatoms. The maximum absolute atomic E-state index is 10.8. The van der Waals surface area contributed by atoms with Gasteiger partial charge in [0.05, 0.1) is 10.6 Å². The molecular formula is C10H10Br2N2O2. The van der Waals surface area contributed by atoms with Crippen molar-refractivity contribution in [3.63, 3.8) is 0 Å². The first-order valence-corrected chi connectivity index (χ1v) is 6.17. The average molecular weight is 350 g/mol. The molecule has 0 aliphatic carbocycles. The highest BCUT2D eigenvalue weighted by Gasteiger charge is 2.16. The Bertz CT molecular complexity index is 444. The number of hydrogen-bond donors (Lipinski definition) is 0. The van der Waals surface area contributed by atoms with E-state index in [2.05, 4.69) is 36.8 Å². The van der Waals surface area contributed by atoms with Gasteiger partial charge in [0.1, 0.15) is 0 Å². The van der Waals surface area contributed by atoms with Crippen molar-refractivity contribution in [2.75, 3.05) is 0 Å². The number of aromatic nitrogens is 1. The zero-order valence-electron chi connectivity index (χ0n) is 8.78. The molecule has 0 radical (unpaired) electrons. The molecule has 1 aromatic rings. The van der Waals surface area contributed by atoms with Crippen LogP contribution in [-0.2, 0) is 0 Å². The lowest BCUT2D eigenvalue weighted by Gasteiger charge is -2.03. The third-order valence-corrected chi connectivity index (χ3v) is 2.99. The second-order valence-corrected chi connectivity index (χ2v) is 5.27. The molecule has 1 rings (SSSR count). The van der Waals surface area contributed by atoms with Gasteiger partial charge in [-0.25, -0.2) is 0 Å². The van der Waals surface area contributed by atoms with Crippen molar-refractivity contribution in [3.8, 4) is 0 Å². The van der Waals surface area contributed by atoms with Crippen molar-refractivity contribution in [3.05, 3.63) is 42.7 Å². The van der Waals surface area contributed by atoms with Gasteiger partial charge in [-0.15, -0.1) is 0 Å². The lowest BCUT2D eigenvalue weighted by Crippen LogP contribution is -2.05. The molecule has 0 spiro atoms. The second kappa shape index (κ2) is 5.54. The third-order valence-electron chi connectivity index (χ3n) is 1.92. The van der Waals surface area contributed by atoms with Crippen LogP contribution in [0.4, 0.5) is 0 Å². The number of pyridine rings is 1. The molecular weight excluding hydrogens is 340 g/mol. The van der Waals surface area contributed by atoms with Crippen LogP contribution in [0.5, 0.6) is 0 Å². The SMILES string of the molecule is CC(C)C(=Cc1ncc(Br)cc1Br)[N+](=O)[O-]. The molecule has 86 valence electrons. The van der Waals surface area contributed by atoms with Gasteiger partial charge < -0.3 is 0 Å². The van der Waals surface area contributed by atoms with Crippen LogP contribution in [0.2, 0.25) is 0 Å². The van der Waals surface area contributed by atoms with Crippen LogP contribution in [0.1, 0.15) is 19.5 Å². The van der Waals surface area contributed by atoms with Crippen LogP contribution >= 0.6 is 31.9 Å². The van der Waals surface area contributed by atoms with Crippen molar-refractivity contribution in [2.45, 2.75) is 13.8 Å². The van der Waals surface area contributed by atoms with E-state index in [9.17, 15) is 10.1 Å². The summed E-state index contributed by atoms with van der Waals surface area (Å²) < 4.78 is 1.55. The van der Waals surface area contributed by atoms with Crippen molar-refractivity contribution in [1.29, 1.82) is 0 Å². The third kappa shape index (κ3) is 3.38. The molecule has 4 nitrogen and oxygen atoms in total. The van der Waals surface area contributed by atoms with Crippen LogP contribution in [0.25, 0.3) is 6.08 Å². The van der Waals surface area contributed by atoms with E-state index in [-0.39, 0.29) is 16.5 Å². The molecule has 0 bridgehead atoms. The highest BCUT2D eigenvalue weighted by atomic mass is 79.9. The summed E-state index contributed by atoms with van der Waals surface area (Å²) in [6.45, 7) is 3.56. The van der Waals surface area contributed by atoms with Crippen molar-refractivity contribution < 1.29 is 4.92 Å². The molecule has 1 aromatic heterocycles. The fraction of sp³-hybridized carbons (Fsp3) is 0.300. The molecule has 0 aromatic carbocycles. The first-order valence-electron chi connectivity index (χ1n) is 4.59. The highest BCUT2D eigenvalue weighted by molar-refractivity contribution is 9.11. The number of hydrogen-bond acceptors (Lipinski definition) is 3. The largest absolute Gasteiger partial charge is 0.259 e. The Labute approximate surface area is 110 Å². The van der Waals surface area contributed by atoms with Crippen LogP contribution in [0, 0.1) is 16.0 Å². The van der Waals surface area contributed by atoms with E-state index in [1.165, 1.54) is 6.08 Å². The quantitative estimate of drug-likeness (QED) is 0.614. The fourth-order valence-corrected chi connectivity index (χ4v) is 2.20. The maximum Gasteiger partial charge on any atom is 0.250 e. The number of nitro groups is 1. The van der Waals surface area contributed by atoms with Crippen molar-refractivity contribution >= 4 is 37.9 Å². The Morgan fingerprint density at radius 1 is 1.56 bits per heavy atom. The van der Waals surface area contributed by atoms with Gasteiger partial charge in [-0.1, -0.05) is 13.8 Å². The summed E-state index contributed by atoms with van der Waals surface area (Å²) in [5.74, 6) is -0.146. The molecule has 16 heavy (non-hydrogen) atoms. The smallest absolute Gasteiger partial charge is 0.250 e. The first-order chi connectivity index (χ1) is 7.41. The zero-order chi connectivity index (χ0) is 12.3. The van der Waals surface area contributed by atoms with Gasteiger partial charge in [-0.3, -0.25) is 15.1 Å². The van der Waals surface area contributed by atoms with E-state index in [1.54, 1.807) is 26.1 Å². The van der Waals surface area contributed by atoms with Gasteiger partial charge in [-0.2, -0.15) is 0 Å². The minimum absolute atomic E-state index is 0.146. The van der Waals surface area contributed by atoms with Crippen LogP contribution in [-0.4, -0.2) is 9.91 Å². The van der Waals surface area contributed by atoms with E-state index in [0.29, 0.717) is 5.69 Å². The molecule has 0 saturated carbocycles. The molecule has 0 saturated heterocycles. The molecule has 0 aliphatic heterocycles. The van der Waals surface area contributed by atoms with E-state index in [1.807, 2.05) is 0 Å². The van der Waals surface area contributed by atoms with Crippen LogP contribution in [0.15, 0.2) is 26.9 Å². The van der Waals surface area contributed by atoms with Gasteiger partial charge in [-0.05, 0) is 37.9 Å². The summed E-state index contributed by atoms with van der Waals surface area (Å²) in [4.78, 5) is 14.5. The minimum Gasteiger partial charge on any atom is -0.259 e. The maximum atomic E-state index is 10.8. The van der Waals surface area contributed by atoms with Crippen LogP contribution in [0.3, 0.4) is 0 Å². The Hall–Kier alpha value is -0.750. The summed E-state index contributed by atoms with van der Waals surface area (Å²) in [5.41, 5.74) is 0.708. The molecule has 0 unspecified atom stereocenters. The van der Waals surface area contributed by atoms with E-state index < -0.39 is 0 Å². The standard InChI is InChI=1S/C10H10Br2N2O2/c1-6(2)10(14(15)16)4-9-8(12)3-7(11)5-13-9/h3-6H,1-2H3. The van der Waals surface area contributed by atoms with Gasteiger partial charge in [0.25, 0.3) is 5.70 Å². The molecule has 0 atom stereocenters. The lowest BCUT2D eigenvalue weighted by atomic mass is 10.1. The molecule has 1 heterocycles.